The van der Waals surface area contributed by atoms with Crippen LogP contribution in [0.5, 0.6) is 5.75 Å². The SMILES string of the molecule is Cl.Cl.NC1CCN(C/C=C/c2c(O)ccc3[nH]c(=O)c4sccc4c23)CC1. The van der Waals surface area contributed by atoms with Gasteiger partial charge < -0.3 is 15.8 Å². The highest BCUT2D eigenvalue weighted by Gasteiger charge is 2.15. The molecule has 0 atom stereocenters. The molecule has 0 aliphatic carbocycles. The number of pyridine rings is 1. The van der Waals surface area contributed by atoms with Gasteiger partial charge in [-0.2, -0.15) is 0 Å². The number of nitrogens with one attached hydrogen (secondary N) is 1. The van der Waals surface area contributed by atoms with Gasteiger partial charge in [-0.25, -0.2) is 0 Å². The van der Waals surface area contributed by atoms with Crippen molar-refractivity contribution >= 4 is 63.2 Å². The molecule has 3 aromatic rings. The number of hydrogen-bond donors (Lipinski definition) is 3. The fraction of sp³-hybridized carbons (Fsp3) is 0.316. The minimum absolute atomic E-state index is 0. The Kier molecular flexibility index (Phi) is 7.31. The third kappa shape index (κ3) is 4.31. The van der Waals surface area contributed by atoms with Crippen molar-refractivity contribution in [3.63, 3.8) is 0 Å². The summed E-state index contributed by atoms with van der Waals surface area (Å²) in [5.41, 5.74) is 7.37. The summed E-state index contributed by atoms with van der Waals surface area (Å²) in [7, 11) is 0. The Morgan fingerprint density at radius 1 is 1.26 bits per heavy atom. The number of aromatic nitrogens is 1. The van der Waals surface area contributed by atoms with E-state index in [1.165, 1.54) is 11.3 Å². The summed E-state index contributed by atoms with van der Waals surface area (Å²) in [5, 5.41) is 14.1. The molecule has 1 fully saturated rings. The lowest BCUT2D eigenvalue weighted by Crippen LogP contribution is -2.39. The zero-order valence-electron chi connectivity index (χ0n) is 14.7. The fourth-order valence-corrected chi connectivity index (χ4v) is 4.28. The van der Waals surface area contributed by atoms with E-state index >= 15 is 0 Å². The van der Waals surface area contributed by atoms with Crippen molar-refractivity contribution in [2.45, 2.75) is 18.9 Å². The number of rotatable bonds is 3. The zero-order chi connectivity index (χ0) is 17.4. The zero-order valence-corrected chi connectivity index (χ0v) is 17.1. The normalized spacial score (nSPS) is 15.9. The summed E-state index contributed by atoms with van der Waals surface area (Å²) in [6.07, 6.45) is 6.10. The first-order valence-corrected chi connectivity index (χ1v) is 9.41. The molecule has 0 unspecified atom stereocenters. The standard InChI is InChI=1S/C19H21N3O2S.2ClH/c20-12-5-9-22(10-6-12)8-1-2-13-16(23)4-3-15-17(13)14-7-11-25-18(14)19(24)21-15;;/h1-4,7,11-12,23H,5-6,8-10,20H2,(H,21,24);2*1H/b2-1+;;. The van der Waals surface area contributed by atoms with Gasteiger partial charge in [-0.3, -0.25) is 9.69 Å². The smallest absolute Gasteiger partial charge is 0.266 e. The van der Waals surface area contributed by atoms with E-state index in [-0.39, 0.29) is 36.1 Å². The number of phenolic OH excluding ortho intramolecular Hbond substituents is 1. The Morgan fingerprint density at radius 3 is 2.74 bits per heavy atom. The molecule has 1 aliphatic rings. The van der Waals surface area contributed by atoms with Crippen LogP contribution in [0.1, 0.15) is 18.4 Å². The van der Waals surface area contributed by atoms with Gasteiger partial charge >= 0.3 is 0 Å². The van der Waals surface area contributed by atoms with Gasteiger partial charge in [-0.1, -0.05) is 12.2 Å². The van der Waals surface area contributed by atoms with E-state index < -0.39 is 0 Å². The number of halogens is 2. The van der Waals surface area contributed by atoms with Crippen LogP contribution < -0.4 is 11.3 Å². The minimum Gasteiger partial charge on any atom is -0.507 e. The predicted molar refractivity (Wildman–Crippen MR) is 119 cm³/mol. The first-order valence-electron chi connectivity index (χ1n) is 8.53. The van der Waals surface area contributed by atoms with E-state index in [1.807, 2.05) is 17.5 Å². The van der Waals surface area contributed by atoms with Crippen LogP contribution in [0.25, 0.3) is 27.1 Å². The van der Waals surface area contributed by atoms with Crippen LogP contribution in [-0.2, 0) is 0 Å². The van der Waals surface area contributed by atoms with Crippen LogP contribution in [0.3, 0.4) is 0 Å². The van der Waals surface area contributed by atoms with Crippen molar-refractivity contribution in [1.29, 1.82) is 0 Å². The number of nitrogens with two attached hydrogens (primary N) is 1. The van der Waals surface area contributed by atoms with Gasteiger partial charge in [0.25, 0.3) is 5.56 Å². The third-order valence-electron chi connectivity index (χ3n) is 4.89. The number of phenols is 1. The van der Waals surface area contributed by atoms with Crippen LogP contribution in [0.2, 0.25) is 0 Å². The van der Waals surface area contributed by atoms with Crippen LogP contribution in [-0.4, -0.2) is 40.7 Å². The molecule has 4 rings (SSSR count). The van der Waals surface area contributed by atoms with E-state index in [1.54, 1.807) is 12.1 Å². The van der Waals surface area contributed by atoms with Crippen molar-refractivity contribution in [2.75, 3.05) is 19.6 Å². The number of thiophene rings is 1. The fourth-order valence-electron chi connectivity index (χ4n) is 3.49. The third-order valence-corrected chi connectivity index (χ3v) is 5.81. The highest BCUT2D eigenvalue weighted by Crippen LogP contribution is 2.33. The number of aromatic amines is 1. The number of benzene rings is 1. The molecule has 2 aromatic heterocycles. The van der Waals surface area contributed by atoms with E-state index in [2.05, 4.69) is 16.0 Å². The number of hydrogen-bond acceptors (Lipinski definition) is 5. The van der Waals surface area contributed by atoms with Gasteiger partial charge in [-0.15, -0.1) is 36.2 Å². The van der Waals surface area contributed by atoms with Crippen molar-refractivity contribution in [3.8, 4) is 5.75 Å². The molecule has 0 saturated carbocycles. The topological polar surface area (TPSA) is 82.3 Å². The second kappa shape index (κ2) is 9.08. The second-order valence-electron chi connectivity index (χ2n) is 6.58. The molecule has 0 bridgehead atoms. The Hall–Kier alpha value is -1.57. The molecule has 146 valence electrons. The Morgan fingerprint density at radius 2 is 2.00 bits per heavy atom. The quantitative estimate of drug-likeness (QED) is 0.594. The van der Waals surface area contributed by atoms with Crippen LogP contribution in [0.4, 0.5) is 0 Å². The summed E-state index contributed by atoms with van der Waals surface area (Å²) in [4.78, 5) is 17.4. The van der Waals surface area contributed by atoms with Crippen molar-refractivity contribution in [3.05, 3.63) is 45.6 Å². The summed E-state index contributed by atoms with van der Waals surface area (Å²) >= 11 is 1.42. The summed E-state index contributed by atoms with van der Waals surface area (Å²) in [6, 6.07) is 5.66. The molecule has 1 aromatic carbocycles. The largest absolute Gasteiger partial charge is 0.507 e. The van der Waals surface area contributed by atoms with E-state index in [0.717, 1.165) is 54.3 Å². The summed E-state index contributed by atoms with van der Waals surface area (Å²) in [5.74, 6) is 0.226. The number of likely N-dealkylation sites (tertiary alicyclic amines) is 1. The molecule has 0 radical (unpaired) electrons. The number of piperidine rings is 1. The average Bonchev–Trinajstić information content (AvgIpc) is 3.09. The maximum Gasteiger partial charge on any atom is 0.266 e. The number of aromatic hydroxyl groups is 1. The molecule has 4 N–H and O–H groups in total. The van der Waals surface area contributed by atoms with Crippen LogP contribution in [0.15, 0.2) is 34.4 Å². The van der Waals surface area contributed by atoms with Crippen molar-refractivity contribution in [2.24, 2.45) is 5.73 Å². The molecular weight excluding hydrogens is 405 g/mol. The van der Waals surface area contributed by atoms with E-state index in [9.17, 15) is 9.90 Å². The monoisotopic (exact) mass is 427 g/mol. The molecular formula is C19H23Cl2N3O2S. The molecule has 27 heavy (non-hydrogen) atoms. The molecule has 0 spiro atoms. The molecule has 1 saturated heterocycles. The number of nitrogens with zero attached hydrogens (tertiary/aromatic N) is 1. The highest BCUT2D eigenvalue weighted by atomic mass is 35.5. The van der Waals surface area contributed by atoms with Gasteiger partial charge in [0.05, 0.1) is 0 Å². The number of fused-ring (bicyclic) bond motifs is 3. The maximum atomic E-state index is 12.2. The van der Waals surface area contributed by atoms with E-state index in [0.29, 0.717) is 10.7 Å². The lowest BCUT2D eigenvalue weighted by Gasteiger charge is -2.28. The lowest BCUT2D eigenvalue weighted by molar-refractivity contribution is 0.234. The molecule has 5 nitrogen and oxygen atoms in total. The summed E-state index contributed by atoms with van der Waals surface area (Å²) < 4.78 is 0.692. The van der Waals surface area contributed by atoms with Crippen LogP contribution >= 0.6 is 36.2 Å². The van der Waals surface area contributed by atoms with Crippen LogP contribution in [0, 0.1) is 0 Å². The Balaban J connectivity index is 0.00000131. The first kappa shape index (κ1) is 21.7. The molecule has 3 heterocycles. The molecule has 0 amide bonds. The van der Waals surface area contributed by atoms with Gasteiger partial charge in [-0.05, 0) is 49.5 Å². The Labute approximate surface area is 173 Å². The van der Waals surface area contributed by atoms with Gasteiger partial charge in [0.1, 0.15) is 10.4 Å². The molecule has 8 heteroatoms. The predicted octanol–water partition coefficient (Wildman–Crippen LogP) is 3.73. The molecule has 1 aliphatic heterocycles. The van der Waals surface area contributed by atoms with E-state index in [4.69, 9.17) is 5.73 Å². The average molecular weight is 428 g/mol. The van der Waals surface area contributed by atoms with Gasteiger partial charge in [0.15, 0.2) is 0 Å². The Bertz CT molecular complexity index is 1010. The van der Waals surface area contributed by atoms with Gasteiger partial charge in [0, 0.05) is 34.4 Å². The minimum atomic E-state index is -0.0808. The summed E-state index contributed by atoms with van der Waals surface area (Å²) in [6.45, 7) is 2.85. The lowest BCUT2D eigenvalue weighted by atomic mass is 10.0. The van der Waals surface area contributed by atoms with Gasteiger partial charge in [0.2, 0.25) is 0 Å². The van der Waals surface area contributed by atoms with Crippen molar-refractivity contribution in [1.82, 2.24) is 9.88 Å². The first-order chi connectivity index (χ1) is 12.1. The number of H-pyrrole nitrogens is 1. The maximum absolute atomic E-state index is 12.2. The highest BCUT2D eigenvalue weighted by molar-refractivity contribution is 7.17. The van der Waals surface area contributed by atoms with Crippen molar-refractivity contribution < 1.29 is 5.11 Å². The second-order valence-corrected chi connectivity index (χ2v) is 7.49.